The van der Waals surface area contributed by atoms with E-state index in [1.807, 2.05) is 12.1 Å². The fourth-order valence-corrected chi connectivity index (χ4v) is 2.05. The number of unbranched alkanes of at least 4 members (excludes halogenated alkanes) is 1. The maximum absolute atomic E-state index is 14.2. The van der Waals surface area contributed by atoms with Gasteiger partial charge in [-0.05, 0) is 25.5 Å². The summed E-state index contributed by atoms with van der Waals surface area (Å²) in [6, 6.07) is 5.44. The van der Waals surface area contributed by atoms with Crippen LogP contribution in [-0.2, 0) is 0 Å². The first-order chi connectivity index (χ1) is 8.74. The van der Waals surface area contributed by atoms with Crippen LogP contribution in [0, 0.1) is 5.82 Å². The van der Waals surface area contributed by atoms with Crippen molar-refractivity contribution in [2.75, 3.05) is 13.7 Å². The Labute approximate surface area is 110 Å². The van der Waals surface area contributed by atoms with E-state index in [1.54, 1.807) is 6.07 Å². The maximum atomic E-state index is 14.2. The summed E-state index contributed by atoms with van der Waals surface area (Å²) < 4.78 is 19.3. The Morgan fingerprint density at radius 3 is 2.67 bits per heavy atom. The normalized spacial score (nSPS) is 12.4. The molecule has 2 nitrogen and oxygen atoms in total. The van der Waals surface area contributed by atoms with E-state index in [-0.39, 0.29) is 11.9 Å². The SMILES string of the molecule is CCCCC(NCCC)c1cccc(OC)c1F. The highest BCUT2D eigenvalue weighted by atomic mass is 19.1. The summed E-state index contributed by atoms with van der Waals surface area (Å²) in [4.78, 5) is 0. The van der Waals surface area contributed by atoms with E-state index in [2.05, 4.69) is 19.2 Å². The summed E-state index contributed by atoms with van der Waals surface area (Å²) in [6.45, 7) is 5.18. The van der Waals surface area contributed by atoms with Gasteiger partial charge in [0.15, 0.2) is 11.6 Å². The lowest BCUT2D eigenvalue weighted by Crippen LogP contribution is -2.23. The van der Waals surface area contributed by atoms with Crippen molar-refractivity contribution in [3.05, 3.63) is 29.6 Å². The van der Waals surface area contributed by atoms with Crippen molar-refractivity contribution in [3.63, 3.8) is 0 Å². The zero-order valence-corrected chi connectivity index (χ0v) is 11.6. The highest BCUT2D eigenvalue weighted by Crippen LogP contribution is 2.27. The molecule has 0 saturated carbocycles. The minimum Gasteiger partial charge on any atom is -0.494 e. The Morgan fingerprint density at radius 2 is 2.06 bits per heavy atom. The second-order valence-electron chi connectivity index (χ2n) is 4.51. The third-order valence-electron chi connectivity index (χ3n) is 3.08. The molecule has 1 aromatic rings. The summed E-state index contributed by atoms with van der Waals surface area (Å²) in [5, 5.41) is 3.42. The van der Waals surface area contributed by atoms with Crippen molar-refractivity contribution in [1.82, 2.24) is 5.32 Å². The molecule has 3 heteroatoms. The second kappa shape index (κ2) is 8.09. The lowest BCUT2D eigenvalue weighted by atomic mass is 10.00. The van der Waals surface area contributed by atoms with Gasteiger partial charge >= 0.3 is 0 Å². The van der Waals surface area contributed by atoms with Crippen molar-refractivity contribution in [2.45, 2.75) is 45.6 Å². The van der Waals surface area contributed by atoms with Gasteiger partial charge in [0.1, 0.15) is 0 Å². The third kappa shape index (κ3) is 3.98. The number of methoxy groups -OCH3 is 1. The molecule has 0 aromatic heterocycles. The number of rotatable bonds is 8. The molecule has 1 aromatic carbocycles. The van der Waals surface area contributed by atoms with Gasteiger partial charge in [0.25, 0.3) is 0 Å². The molecule has 0 aliphatic carbocycles. The first-order valence-electron chi connectivity index (χ1n) is 6.80. The number of halogens is 1. The predicted octanol–water partition coefficient (Wildman–Crippen LogP) is 4.07. The number of hydrogen-bond donors (Lipinski definition) is 1. The molecule has 0 aliphatic heterocycles. The topological polar surface area (TPSA) is 21.3 Å². The molecule has 18 heavy (non-hydrogen) atoms. The fourth-order valence-electron chi connectivity index (χ4n) is 2.05. The first kappa shape index (κ1) is 15.0. The minimum atomic E-state index is -0.232. The number of nitrogens with one attached hydrogen (secondary N) is 1. The van der Waals surface area contributed by atoms with Gasteiger partial charge in [0, 0.05) is 11.6 Å². The summed E-state index contributed by atoms with van der Waals surface area (Å²) in [5.41, 5.74) is 0.719. The Kier molecular flexibility index (Phi) is 6.73. The molecule has 102 valence electrons. The predicted molar refractivity (Wildman–Crippen MR) is 73.5 cm³/mol. The molecular weight excluding hydrogens is 229 g/mol. The van der Waals surface area contributed by atoms with Crippen LogP contribution in [0.25, 0.3) is 0 Å². The van der Waals surface area contributed by atoms with Crippen molar-refractivity contribution in [3.8, 4) is 5.75 Å². The zero-order valence-electron chi connectivity index (χ0n) is 11.6. The van der Waals surface area contributed by atoms with Crippen LogP contribution in [0.3, 0.4) is 0 Å². The molecule has 0 fully saturated rings. The zero-order chi connectivity index (χ0) is 13.4. The molecule has 0 amide bonds. The molecular formula is C15H24FNO. The van der Waals surface area contributed by atoms with Gasteiger partial charge in [0.2, 0.25) is 0 Å². The lowest BCUT2D eigenvalue weighted by Gasteiger charge is -2.20. The van der Waals surface area contributed by atoms with E-state index in [1.165, 1.54) is 7.11 Å². The van der Waals surface area contributed by atoms with Gasteiger partial charge in [-0.2, -0.15) is 0 Å². The Hall–Kier alpha value is -1.09. The van der Waals surface area contributed by atoms with Crippen LogP contribution in [0.2, 0.25) is 0 Å². The molecule has 1 N–H and O–H groups in total. The van der Waals surface area contributed by atoms with E-state index in [0.29, 0.717) is 5.75 Å². The molecule has 0 bridgehead atoms. The van der Waals surface area contributed by atoms with Gasteiger partial charge in [-0.25, -0.2) is 4.39 Å². The van der Waals surface area contributed by atoms with Gasteiger partial charge in [-0.1, -0.05) is 38.8 Å². The van der Waals surface area contributed by atoms with E-state index in [4.69, 9.17) is 4.74 Å². The van der Waals surface area contributed by atoms with E-state index in [9.17, 15) is 4.39 Å². The van der Waals surface area contributed by atoms with Crippen molar-refractivity contribution in [2.24, 2.45) is 0 Å². The molecule has 0 radical (unpaired) electrons. The standard InChI is InChI=1S/C15H24FNO/c1-4-6-9-13(17-11-5-2)12-8-7-10-14(18-3)15(12)16/h7-8,10,13,17H,4-6,9,11H2,1-3H3. The van der Waals surface area contributed by atoms with Gasteiger partial charge in [0.05, 0.1) is 7.11 Å². The van der Waals surface area contributed by atoms with E-state index >= 15 is 0 Å². The van der Waals surface area contributed by atoms with Crippen LogP contribution in [0.4, 0.5) is 4.39 Å². The Bertz CT molecular complexity index is 346. The van der Waals surface area contributed by atoms with Crippen LogP contribution >= 0.6 is 0 Å². The first-order valence-corrected chi connectivity index (χ1v) is 6.80. The number of benzene rings is 1. The Balaban J connectivity index is 2.88. The van der Waals surface area contributed by atoms with Crippen LogP contribution in [-0.4, -0.2) is 13.7 Å². The maximum Gasteiger partial charge on any atom is 0.169 e. The van der Waals surface area contributed by atoms with Crippen LogP contribution in [0.5, 0.6) is 5.75 Å². The molecule has 0 aliphatic rings. The third-order valence-corrected chi connectivity index (χ3v) is 3.08. The largest absolute Gasteiger partial charge is 0.494 e. The molecule has 1 unspecified atom stereocenters. The highest BCUT2D eigenvalue weighted by molar-refractivity contribution is 5.33. The number of hydrogen-bond acceptors (Lipinski definition) is 2. The monoisotopic (exact) mass is 253 g/mol. The highest BCUT2D eigenvalue weighted by Gasteiger charge is 2.17. The molecule has 0 spiro atoms. The van der Waals surface area contributed by atoms with Crippen LogP contribution < -0.4 is 10.1 Å². The van der Waals surface area contributed by atoms with Crippen molar-refractivity contribution >= 4 is 0 Å². The summed E-state index contributed by atoms with van der Waals surface area (Å²) >= 11 is 0. The minimum absolute atomic E-state index is 0.0833. The second-order valence-corrected chi connectivity index (χ2v) is 4.51. The summed E-state index contributed by atoms with van der Waals surface area (Å²) in [5.74, 6) is 0.0944. The average molecular weight is 253 g/mol. The molecule has 0 heterocycles. The lowest BCUT2D eigenvalue weighted by molar-refractivity contribution is 0.376. The van der Waals surface area contributed by atoms with E-state index in [0.717, 1.165) is 37.8 Å². The quantitative estimate of drug-likeness (QED) is 0.754. The summed E-state index contributed by atoms with van der Waals surface area (Å²) in [6.07, 6.45) is 4.22. The smallest absolute Gasteiger partial charge is 0.169 e. The van der Waals surface area contributed by atoms with Gasteiger partial charge in [-0.15, -0.1) is 0 Å². The number of ether oxygens (including phenoxy) is 1. The van der Waals surface area contributed by atoms with Crippen LogP contribution in [0.1, 0.15) is 51.1 Å². The average Bonchev–Trinajstić information content (AvgIpc) is 2.40. The summed E-state index contributed by atoms with van der Waals surface area (Å²) in [7, 11) is 1.50. The van der Waals surface area contributed by atoms with E-state index < -0.39 is 0 Å². The van der Waals surface area contributed by atoms with Gasteiger partial charge < -0.3 is 10.1 Å². The fraction of sp³-hybridized carbons (Fsp3) is 0.600. The van der Waals surface area contributed by atoms with Crippen molar-refractivity contribution < 1.29 is 9.13 Å². The molecule has 1 atom stereocenters. The van der Waals surface area contributed by atoms with Gasteiger partial charge in [-0.3, -0.25) is 0 Å². The van der Waals surface area contributed by atoms with Crippen LogP contribution in [0.15, 0.2) is 18.2 Å². The molecule has 1 rings (SSSR count). The molecule has 0 saturated heterocycles. The Morgan fingerprint density at radius 1 is 1.28 bits per heavy atom. The van der Waals surface area contributed by atoms with Crippen molar-refractivity contribution in [1.29, 1.82) is 0 Å².